The van der Waals surface area contributed by atoms with Gasteiger partial charge in [-0.05, 0) is 63.5 Å². The number of benzene rings is 1. The van der Waals surface area contributed by atoms with Gasteiger partial charge in [-0.2, -0.15) is 0 Å². The van der Waals surface area contributed by atoms with E-state index in [-0.39, 0.29) is 0 Å². The number of hydrogen-bond acceptors (Lipinski definition) is 3. The monoisotopic (exact) mass is 301 g/mol. The first-order valence-corrected chi connectivity index (χ1v) is 8.61. The Morgan fingerprint density at radius 3 is 2.68 bits per heavy atom. The molecule has 0 aromatic heterocycles. The van der Waals surface area contributed by atoms with E-state index in [9.17, 15) is 0 Å². The minimum Gasteiger partial charge on any atom is -0.493 e. The van der Waals surface area contributed by atoms with Gasteiger partial charge in [-0.25, -0.2) is 0 Å². The molecule has 0 amide bonds. The number of nitrogens with one attached hydrogen (secondary N) is 1. The van der Waals surface area contributed by atoms with Crippen molar-refractivity contribution in [3.8, 4) is 11.5 Å². The molecule has 0 unspecified atom stereocenters. The lowest BCUT2D eigenvalue weighted by Gasteiger charge is -2.18. The summed E-state index contributed by atoms with van der Waals surface area (Å²) in [6.07, 6.45) is 12.7. The minimum atomic E-state index is 0.352. The van der Waals surface area contributed by atoms with Crippen LogP contribution < -0.4 is 14.8 Å². The summed E-state index contributed by atoms with van der Waals surface area (Å²) in [5.41, 5.74) is 2.64. The highest BCUT2D eigenvalue weighted by molar-refractivity contribution is 5.55. The first-order valence-electron chi connectivity index (χ1n) is 8.61. The Morgan fingerprint density at radius 1 is 1.09 bits per heavy atom. The molecule has 0 bridgehead atoms. The Balaban J connectivity index is 1.64. The van der Waals surface area contributed by atoms with Crippen LogP contribution in [0.1, 0.15) is 51.4 Å². The molecule has 3 rings (SSSR count). The van der Waals surface area contributed by atoms with Crippen LogP contribution >= 0.6 is 0 Å². The van der Waals surface area contributed by atoms with Crippen LogP contribution in [0.4, 0.5) is 5.69 Å². The van der Waals surface area contributed by atoms with Gasteiger partial charge >= 0.3 is 0 Å². The van der Waals surface area contributed by atoms with Crippen LogP contribution in [-0.4, -0.2) is 19.8 Å². The van der Waals surface area contributed by atoms with Gasteiger partial charge in [0, 0.05) is 18.3 Å². The number of ether oxygens (including phenoxy) is 2. The summed E-state index contributed by atoms with van der Waals surface area (Å²) in [6, 6.07) is 6.16. The first-order chi connectivity index (χ1) is 10.8. The third-order valence-electron chi connectivity index (χ3n) is 4.66. The topological polar surface area (TPSA) is 30.5 Å². The molecule has 1 saturated carbocycles. The van der Waals surface area contributed by atoms with Crippen molar-refractivity contribution in [2.75, 3.05) is 19.0 Å². The van der Waals surface area contributed by atoms with Crippen molar-refractivity contribution in [1.29, 1.82) is 0 Å². The van der Waals surface area contributed by atoms with Gasteiger partial charge in [0.25, 0.3) is 0 Å². The smallest absolute Gasteiger partial charge is 0.163 e. The van der Waals surface area contributed by atoms with Crippen LogP contribution in [0.5, 0.6) is 11.5 Å². The molecule has 0 radical (unpaired) electrons. The predicted octanol–water partition coefficient (Wildman–Crippen LogP) is 4.93. The SMILES string of the molecule is COc1ccc(NCC2=CCCCC2)cc1OC1CCCC1. The number of anilines is 1. The zero-order chi connectivity index (χ0) is 15.2. The van der Waals surface area contributed by atoms with Crippen LogP contribution in [0, 0.1) is 0 Å². The van der Waals surface area contributed by atoms with Crippen molar-refractivity contribution >= 4 is 5.69 Å². The molecule has 3 heteroatoms. The van der Waals surface area contributed by atoms with Crippen molar-refractivity contribution in [3.05, 3.63) is 29.8 Å². The minimum absolute atomic E-state index is 0.352. The largest absolute Gasteiger partial charge is 0.493 e. The summed E-state index contributed by atoms with van der Waals surface area (Å²) in [5.74, 6) is 1.70. The van der Waals surface area contributed by atoms with Gasteiger partial charge in [0.1, 0.15) is 0 Å². The van der Waals surface area contributed by atoms with E-state index in [1.54, 1.807) is 7.11 Å². The summed E-state index contributed by atoms with van der Waals surface area (Å²) in [4.78, 5) is 0. The zero-order valence-electron chi connectivity index (χ0n) is 13.6. The fourth-order valence-corrected chi connectivity index (χ4v) is 3.35. The summed E-state index contributed by atoms with van der Waals surface area (Å²) in [7, 11) is 1.71. The molecular formula is C19H27NO2. The highest BCUT2D eigenvalue weighted by atomic mass is 16.5. The molecule has 0 spiro atoms. The van der Waals surface area contributed by atoms with Gasteiger partial charge in [-0.3, -0.25) is 0 Å². The van der Waals surface area contributed by atoms with Crippen LogP contribution in [0.3, 0.4) is 0 Å². The van der Waals surface area contributed by atoms with E-state index in [1.165, 1.54) is 44.1 Å². The average molecular weight is 301 g/mol. The van der Waals surface area contributed by atoms with E-state index < -0.39 is 0 Å². The van der Waals surface area contributed by atoms with Crippen molar-refractivity contribution < 1.29 is 9.47 Å². The lowest BCUT2D eigenvalue weighted by Crippen LogP contribution is -2.12. The van der Waals surface area contributed by atoms with Crippen LogP contribution in [0.15, 0.2) is 29.8 Å². The second-order valence-corrected chi connectivity index (χ2v) is 6.35. The van der Waals surface area contributed by atoms with Gasteiger partial charge in [0.05, 0.1) is 13.2 Å². The molecule has 1 aromatic rings. The van der Waals surface area contributed by atoms with Gasteiger partial charge in [-0.1, -0.05) is 11.6 Å². The molecule has 0 aliphatic heterocycles. The van der Waals surface area contributed by atoms with Crippen molar-refractivity contribution in [1.82, 2.24) is 0 Å². The standard InChI is InChI=1S/C19H27NO2/c1-21-18-12-11-16(20-14-15-7-3-2-4-8-15)13-19(18)22-17-9-5-6-10-17/h7,11-13,17,20H,2-6,8-10,14H2,1H3. The predicted molar refractivity (Wildman–Crippen MR) is 90.9 cm³/mol. The highest BCUT2D eigenvalue weighted by Gasteiger charge is 2.18. The van der Waals surface area contributed by atoms with E-state index in [2.05, 4.69) is 23.5 Å². The van der Waals surface area contributed by atoms with E-state index >= 15 is 0 Å². The Kier molecular flexibility index (Phi) is 5.25. The molecule has 3 nitrogen and oxygen atoms in total. The maximum absolute atomic E-state index is 6.15. The molecule has 2 aliphatic rings. The second kappa shape index (κ2) is 7.57. The van der Waals surface area contributed by atoms with E-state index in [4.69, 9.17) is 9.47 Å². The molecule has 0 atom stereocenters. The quantitative estimate of drug-likeness (QED) is 0.756. The van der Waals surface area contributed by atoms with Gasteiger partial charge < -0.3 is 14.8 Å². The van der Waals surface area contributed by atoms with Crippen LogP contribution in [0.2, 0.25) is 0 Å². The molecule has 1 fully saturated rings. The summed E-state index contributed by atoms with van der Waals surface area (Å²) in [6.45, 7) is 0.940. The molecule has 2 aliphatic carbocycles. The first kappa shape index (κ1) is 15.3. The van der Waals surface area contributed by atoms with Gasteiger partial charge in [-0.15, -0.1) is 0 Å². The summed E-state index contributed by atoms with van der Waals surface area (Å²) < 4.78 is 11.6. The van der Waals surface area contributed by atoms with Gasteiger partial charge in [0.15, 0.2) is 11.5 Å². The van der Waals surface area contributed by atoms with Crippen molar-refractivity contribution in [3.63, 3.8) is 0 Å². The number of allylic oxidation sites excluding steroid dienone is 1. The maximum Gasteiger partial charge on any atom is 0.163 e. The van der Waals surface area contributed by atoms with E-state index in [1.807, 2.05) is 6.07 Å². The third-order valence-corrected chi connectivity index (χ3v) is 4.66. The Labute approximate surface area is 133 Å². The van der Waals surface area contributed by atoms with Gasteiger partial charge in [0.2, 0.25) is 0 Å². The summed E-state index contributed by atoms with van der Waals surface area (Å²) in [5, 5.41) is 3.53. The Hall–Kier alpha value is -1.64. The van der Waals surface area contributed by atoms with Crippen molar-refractivity contribution in [2.24, 2.45) is 0 Å². The normalized spacial score (nSPS) is 18.9. The van der Waals surface area contributed by atoms with Crippen molar-refractivity contribution in [2.45, 2.75) is 57.5 Å². The summed E-state index contributed by atoms with van der Waals surface area (Å²) >= 11 is 0. The third kappa shape index (κ3) is 3.96. The molecular weight excluding hydrogens is 274 g/mol. The number of methoxy groups -OCH3 is 1. The van der Waals surface area contributed by atoms with E-state index in [0.29, 0.717) is 6.10 Å². The zero-order valence-corrected chi connectivity index (χ0v) is 13.6. The van der Waals surface area contributed by atoms with Crippen LogP contribution in [0.25, 0.3) is 0 Å². The lowest BCUT2D eigenvalue weighted by molar-refractivity contribution is 0.201. The average Bonchev–Trinajstić information content (AvgIpc) is 3.07. The second-order valence-electron chi connectivity index (χ2n) is 6.35. The number of rotatable bonds is 6. The van der Waals surface area contributed by atoms with Crippen LogP contribution in [-0.2, 0) is 0 Å². The molecule has 0 saturated heterocycles. The fraction of sp³-hybridized carbons (Fsp3) is 0.579. The van der Waals surface area contributed by atoms with E-state index in [0.717, 1.165) is 36.6 Å². The fourth-order valence-electron chi connectivity index (χ4n) is 3.35. The lowest BCUT2D eigenvalue weighted by atomic mass is 10.00. The Bertz CT molecular complexity index is 518. The molecule has 120 valence electrons. The molecule has 0 heterocycles. The molecule has 1 N–H and O–H groups in total. The molecule has 1 aromatic carbocycles. The molecule has 22 heavy (non-hydrogen) atoms. The highest BCUT2D eigenvalue weighted by Crippen LogP contribution is 2.34. The maximum atomic E-state index is 6.15. The Morgan fingerprint density at radius 2 is 1.95 bits per heavy atom. The number of hydrogen-bond donors (Lipinski definition) is 1.